The lowest BCUT2D eigenvalue weighted by Gasteiger charge is -2.18. The Labute approximate surface area is 147 Å². The van der Waals surface area contributed by atoms with Crippen LogP contribution in [0.3, 0.4) is 0 Å². The van der Waals surface area contributed by atoms with Crippen LogP contribution < -0.4 is 11.1 Å². The van der Waals surface area contributed by atoms with E-state index in [0.717, 1.165) is 22.3 Å². The molecule has 130 valence electrons. The van der Waals surface area contributed by atoms with Crippen LogP contribution >= 0.6 is 0 Å². The van der Waals surface area contributed by atoms with E-state index in [1.54, 1.807) is 6.07 Å². The van der Waals surface area contributed by atoms with E-state index in [-0.39, 0.29) is 11.8 Å². The molecule has 2 aromatic carbocycles. The maximum Gasteiger partial charge on any atom is 0.165 e. The normalized spacial score (nSPS) is 12.5. The van der Waals surface area contributed by atoms with Gasteiger partial charge < -0.3 is 16.2 Å². The molecule has 1 aromatic heterocycles. The smallest absolute Gasteiger partial charge is 0.165 e. The predicted octanol–water partition coefficient (Wildman–Crippen LogP) is 3.71. The van der Waals surface area contributed by atoms with Gasteiger partial charge in [-0.15, -0.1) is 0 Å². The molecule has 1 heterocycles. The summed E-state index contributed by atoms with van der Waals surface area (Å²) in [6.07, 6.45) is 0. The number of para-hydroxylation sites is 1. The fourth-order valence-corrected chi connectivity index (χ4v) is 2.61. The van der Waals surface area contributed by atoms with E-state index in [0.29, 0.717) is 23.9 Å². The van der Waals surface area contributed by atoms with E-state index in [4.69, 9.17) is 5.73 Å². The maximum absolute atomic E-state index is 10.2. The molecule has 0 fully saturated rings. The molecule has 3 rings (SSSR count). The van der Waals surface area contributed by atoms with E-state index in [1.807, 2.05) is 43.3 Å². The van der Waals surface area contributed by atoms with Gasteiger partial charge in [0.1, 0.15) is 11.6 Å². The summed E-state index contributed by atoms with van der Waals surface area (Å²) in [5.41, 5.74) is 8.65. The van der Waals surface area contributed by atoms with E-state index in [9.17, 15) is 5.11 Å². The zero-order valence-corrected chi connectivity index (χ0v) is 14.8. The average Bonchev–Trinajstić information content (AvgIpc) is 2.61. The third-order valence-electron chi connectivity index (χ3n) is 4.36. The van der Waals surface area contributed by atoms with Crippen LogP contribution in [0, 0.1) is 12.8 Å². The molecule has 0 aliphatic rings. The Morgan fingerprint density at radius 1 is 1.12 bits per heavy atom. The highest BCUT2D eigenvalue weighted by Gasteiger charge is 2.14. The minimum atomic E-state index is 0.0320. The first-order valence-corrected chi connectivity index (χ1v) is 8.52. The fourth-order valence-electron chi connectivity index (χ4n) is 2.61. The molecule has 1 atom stereocenters. The van der Waals surface area contributed by atoms with Gasteiger partial charge in [-0.3, -0.25) is 0 Å². The number of rotatable bonds is 5. The molecule has 25 heavy (non-hydrogen) atoms. The minimum absolute atomic E-state index is 0.0320. The van der Waals surface area contributed by atoms with Crippen LogP contribution in [0.4, 0.5) is 5.82 Å². The summed E-state index contributed by atoms with van der Waals surface area (Å²) in [5.74, 6) is 1.78. The largest absolute Gasteiger partial charge is 0.507 e. The van der Waals surface area contributed by atoms with Crippen LogP contribution in [0.15, 0.2) is 42.5 Å². The molecule has 0 saturated carbocycles. The second-order valence-electron chi connectivity index (χ2n) is 6.72. The van der Waals surface area contributed by atoms with Gasteiger partial charge in [-0.1, -0.05) is 37.6 Å². The first-order valence-electron chi connectivity index (χ1n) is 8.52. The van der Waals surface area contributed by atoms with E-state index in [2.05, 4.69) is 29.1 Å². The van der Waals surface area contributed by atoms with Gasteiger partial charge in [-0.2, -0.15) is 0 Å². The van der Waals surface area contributed by atoms with Crippen molar-refractivity contribution in [2.45, 2.75) is 26.8 Å². The van der Waals surface area contributed by atoms with Crippen molar-refractivity contribution in [2.24, 2.45) is 11.7 Å². The van der Waals surface area contributed by atoms with Crippen molar-refractivity contribution in [1.29, 1.82) is 0 Å². The van der Waals surface area contributed by atoms with Gasteiger partial charge >= 0.3 is 0 Å². The summed E-state index contributed by atoms with van der Waals surface area (Å²) >= 11 is 0. The number of aryl methyl sites for hydroxylation is 1. The third-order valence-corrected chi connectivity index (χ3v) is 4.36. The molecule has 0 spiro atoms. The van der Waals surface area contributed by atoms with Gasteiger partial charge in [0.25, 0.3) is 0 Å². The maximum atomic E-state index is 10.2. The summed E-state index contributed by atoms with van der Waals surface area (Å²) in [7, 11) is 0. The highest BCUT2D eigenvalue weighted by atomic mass is 16.3. The second-order valence-corrected chi connectivity index (χ2v) is 6.72. The first kappa shape index (κ1) is 17.2. The molecule has 3 aromatic rings. The number of aromatic hydroxyl groups is 1. The summed E-state index contributed by atoms with van der Waals surface area (Å²) in [6.45, 7) is 6.80. The van der Waals surface area contributed by atoms with E-state index in [1.165, 1.54) is 0 Å². The Bertz CT molecular complexity index is 892. The molecule has 0 amide bonds. The molecule has 0 radical (unpaired) electrons. The molecular formula is C20H24N4O. The van der Waals surface area contributed by atoms with Crippen molar-refractivity contribution in [2.75, 3.05) is 11.9 Å². The van der Waals surface area contributed by atoms with Gasteiger partial charge in [0, 0.05) is 18.0 Å². The number of phenols is 1. The number of nitrogens with one attached hydrogen (secondary N) is 1. The second kappa shape index (κ2) is 7.07. The molecule has 0 bridgehead atoms. The van der Waals surface area contributed by atoms with E-state index >= 15 is 0 Å². The van der Waals surface area contributed by atoms with Gasteiger partial charge in [-0.05, 0) is 37.1 Å². The fraction of sp³-hybridized carbons (Fsp3) is 0.300. The first-order chi connectivity index (χ1) is 12.0. The number of aromatic nitrogens is 2. The Hall–Kier alpha value is -2.66. The van der Waals surface area contributed by atoms with Crippen molar-refractivity contribution >= 4 is 16.7 Å². The number of benzene rings is 2. The van der Waals surface area contributed by atoms with Crippen molar-refractivity contribution in [3.63, 3.8) is 0 Å². The molecule has 0 saturated heterocycles. The van der Waals surface area contributed by atoms with Crippen LogP contribution in [0.25, 0.3) is 22.3 Å². The number of fused-ring (bicyclic) bond motifs is 1. The lowest BCUT2D eigenvalue weighted by molar-refractivity contribution is 0.477. The molecular weight excluding hydrogens is 312 g/mol. The molecule has 5 nitrogen and oxygen atoms in total. The van der Waals surface area contributed by atoms with Gasteiger partial charge in [0.2, 0.25) is 0 Å². The molecule has 1 unspecified atom stereocenters. The number of anilines is 1. The highest BCUT2D eigenvalue weighted by Crippen LogP contribution is 2.30. The standard InChI is InChI=1S/C20H24N4O/c1-12(2)16(21)11-22-19-14-6-4-5-7-17(14)23-20(24-19)15-10-13(3)8-9-18(15)25/h4-10,12,16,25H,11,21H2,1-3H3,(H,22,23,24). The molecule has 0 aliphatic carbocycles. The lowest BCUT2D eigenvalue weighted by Crippen LogP contribution is -2.34. The Morgan fingerprint density at radius 3 is 2.64 bits per heavy atom. The average molecular weight is 336 g/mol. The number of hydrogen-bond donors (Lipinski definition) is 3. The van der Waals surface area contributed by atoms with Crippen LogP contribution in [-0.2, 0) is 0 Å². The molecule has 5 heteroatoms. The van der Waals surface area contributed by atoms with Crippen LogP contribution in [0.5, 0.6) is 5.75 Å². The monoisotopic (exact) mass is 336 g/mol. The van der Waals surface area contributed by atoms with Crippen molar-refractivity contribution < 1.29 is 5.11 Å². The summed E-state index contributed by atoms with van der Waals surface area (Å²) in [4.78, 5) is 9.29. The van der Waals surface area contributed by atoms with Crippen LogP contribution in [-0.4, -0.2) is 27.7 Å². The number of nitrogens with two attached hydrogens (primary N) is 1. The Balaban J connectivity index is 2.07. The molecule has 4 N–H and O–H groups in total. The quantitative estimate of drug-likeness (QED) is 0.661. The van der Waals surface area contributed by atoms with Crippen molar-refractivity contribution in [3.05, 3.63) is 48.0 Å². The molecule has 0 aliphatic heterocycles. The van der Waals surface area contributed by atoms with Crippen LogP contribution in [0.1, 0.15) is 19.4 Å². The van der Waals surface area contributed by atoms with Crippen molar-refractivity contribution in [1.82, 2.24) is 9.97 Å². The highest BCUT2D eigenvalue weighted by molar-refractivity contribution is 5.90. The number of phenolic OH excluding ortho intramolecular Hbond substituents is 1. The zero-order valence-electron chi connectivity index (χ0n) is 14.8. The number of nitrogens with zero attached hydrogens (tertiary/aromatic N) is 2. The third kappa shape index (κ3) is 3.72. The van der Waals surface area contributed by atoms with Gasteiger partial charge in [0.05, 0.1) is 11.1 Å². The summed E-state index contributed by atoms with van der Waals surface area (Å²) in [5, 5.41) is 14.5. The summed E-state index contributed by atoms with van der Waals surface area (Å²) in [6, 6.07) is 13.3. The topological polar surface area (TPSA) is 84.1 Å². The van der Waals surface area contributed by atoms with E-state index < -0.39 is 0 Å². The van der Waals surface area contributed by atoms with Gasteiger partial charge in [-0.25, -0.2) is 9.97 Å². The summed E-state index contributed by atoms with van der Waals surface area (Å²) < 4.78 is 0. The van der Waals surface area contributed by atoms with Crippen LogP contribution in [0.2, 0.25) is 0 Å². The predicted molar refractivity (Wildman–Crippen MR) is 103 cm³/mol. The Kier molecular flexibility index (Phi) is 4.86. The minimum Gasteiger partial charge on any atom is -0.507 e. The lowest BCUT2D eigenvalue weighted by atomic mass is 10.1. The SMILES string of the molecule is Cc1ccc(O)c(-c2nc(NCC(N)C(C)C)c3ccccc3n2)c1. The number of hydrogen-bond acceptors (Lipinski definition) is 5. The Morgan fingerprint density at radius 2 is 1.88 bits per heavy atom. The van der Waals surface area contributed by atoms with Crippen molar-refractivity contribution in [3.8, 4) is 17.1 Å². The zero-order chi connectivity index (χ0) is 18.0. The van der Waals surface area contributed by atoms with Gasteiger partial charge in [0.15, 0.2) is 5.82 Å².